The van der Waals surface area contributed by atoms with Crippen molar-refractivity contribution in [2.75, 3.05) is 0 Å². The highest BCUT2D eigenvalue weighted by Gasteiger charge is 2.37. The Hall–Kier alpha value is -5.18. The van der Waals surface area contributed by atoms with Crippen LogP contribution in [0.1, 0.15) is 25.0 Å². The van der Waals surface area contributed by atoms with Gasteiger partial charge in [0.2, 0.25) is 0 Å². The van der Waals surface area contributed by atoms with Crippen molar-refractivity contribution < 1.29 is 4.74 Å². The summed E-state index contributed by atoms with van der Waals surface area (Å²) in [7, 11) is 0. The fourth-order valence-electron chi connectivity index (χ4n) is 7.93. The van der Waals surface area contributed by atoms with Crippen LogP contribution in [-0.2, 0) is 5.41 Å². The van der Waals surface area contributed by atoms with E-state index in [0.29, 0.717) is 0 Å². The van der Waals surface area contributed by atoms with E-state index in [1.807, 2.05) is 11.3 Å². The van der Waals surface area contributed by atoms with Crippen LogP contribution in [0.15, 0.2) is 133 Å². The third-order valence-corrected chi connectivity index (χ3v) is 11.3. The number of hydrogen-bond acceptors (Lipinski definition) is 2. The molecule has 0 atom stereocenters. The van der Waals surface area contributed by atoms with Crippen LogP contribution in [0.25, 0.3) is 75.5 Å². The van der Waals surface area contributed by atoms with Gasteiger partial charge >= 0.3 is 0 Å². The van der Waals surface area contributed by atoms with E-state index in [-0.39, 0.29) is 5.41 Å². The van der Waals surface area contributed by atoms with Crippen molar-refractivity contribution in [3.05, 3.63) is 145 Å². The van der Waals surface area contributed by atoms with Crippen LogP contribution in [0, 0.1) is 0 Å². The van der Waals surface area contributed by atoms with E-state index in [9.17, 15) is 0 Å². The van der Waals surface area contributed by atoms with E-state index in [2.05, 4.69) is 147 Å². The summed E-state index contributed by atoms with van der Waals surface area (Å²) in [6.07, 6.45) is 0. The average molecular weight is 593 g/mol. The summed E-state index contributed by atoms with van der Waals surface area (Å²) in [5, 5.41) is 5.05. The summed E-state index contributed by atoms with van der Waals surface area (Å²) >= 11 is 1.86. The number of benzene rings is 7. The van der Waals surface area contributed by atoms with Gasteiger partial charge in [-0.15, -0.1) is 11.3 Å². The first-order chi connectivity index (χ1) is 22.1. The lowest BCUT2D eigenvalue weighted by molar-refractivity contribution is 0.487. The van der Waals surface area contributed by atoms with E-state index in [1.165, 1.54) is 81.0 Å². The van der Waals surface area contributed by atoms with Crippen LogP contribution < -0.4 is 4.74 Å². The van der Waals surface area contributed by atoms with Gasteiger partial charge in [-0.2, -0.15) is 0 Å². The average Bonchev–Trinajstić information content (AvgIpc) is 3.57. The topological polar surface area (TPSA) is 9.23 Å². The molecule has 0 saturated carbocycles. The highest BCUT2D eigenvalue weighted by Crippen LogP contribution is 2.55. The van der Waals surface area contributed by atoms with Crippen LogP contribution in [0.5, 0.6) is 11.5 Å². The molecular weight excluding hydrogens is 565 g/mol. The van der Waals surface area contributed by atoms with Gasteiger partial charge in [0.1, 0.15) is 11.5 Å². The lowest BCUT2D eigenvalue weighted by Gasteiger charge is -2.24. The number of ether oxygens (including phenoxy) is 1. The molecule has 0 saturated heterocycles. The first-order valence-corrected chi connectivity index (χ1v) is 16.4. The van der Waals surface area contributed by atoms with Gasteiger partial charge in [0, 0.05) is 36.5 Å². The van der Waals surface area contributed by atoms with Crippen molar-refractivity contribution in [3.63, 3.8) is 0 Å². The lowest BCUT2D eigenvalue weighted by Crippen LogP contribution is -2.14. The molecule has 1 aliphatic carbocycles. The Bertz CT molecular complexity index is 2550. The van der Waals surface area contributed by atoms with Crippen molar-refractivity contribution in [3.8, 4) is 56.0 Å². The fraction of sp³-hybridized carbons (Fsp3) is 0.0698. The Kier molecular flexibility index (Phi) is 5.00. The van der Waals surface area contributed by atoms with Gasteiger partial charge in [0.05, 0.1) is 0 Å². The molecule has 0 N–H and O–H groups in total. The van der Waals surface area contributed by atoms with Crippen LogP contribution in [0.3, 0.4) is 0 Å². The zero-order valence-electron chi connectivity index (χ0n) is 25.0. The molecule has 212 valence electrons. The van der Waals surface area contributed by atoms with Gasteiger partial charge in [-0.25, -0.2) is 0 Å². The SMILES string of the molecule is CC1(C)c2ccccc2-c2c(-c3ccc4c5c(cccc35)-c3cc(-c5ccc6sc7ccccc7c6c5)ccc3O4)cccc21. The summed E-state index contributed by atoms with van der Waals surface area (Å²) in [5.74, 6) is 1.83. The maximum atomic E-state index is 6.63. The second kappa shape index (κ2) is 8.94. The first kappa shape index (κ1) is 25.2. The molecule has 0 fully saturated rings. The van der Waals surface area contributed by atoms with Crippen molar-refractivity contribution in [2.45, 2.75) is 19.3 Å². The minimum atomic E-state index is -0.0367. The van der Waals surface area contributed by atoms with Crippen molar-refractivity contribution >= 4 is 42.3 Å². The number of thiophene rings is 1. The predicted octanol–water partition coefficient (Wildman–Crippen LogP) is 12.6. The molecule has 7 aromatic carbocycles. The maximum Gasteiger partial charge on any atom is 0.135 e. The Morgan fingerprint density at radius 1 is 0.467 bits per heavy atom. The Balaban J connectivity index is 1.16. The minimum Gasteiger partial charge on any atom is -0.456 e. The maximum absolute atomic E-state index is 6.63. The minimum absolute atomic E-state index is 0.0367. The van der Waals surface area contributed by atoms with Gasteiger partial charge in [-0.3, -0.25) is 0 Å². The van der Waals surface area contributed by atoms with E-state index in [0.717, 1.165) is 17.1 Å². The summed E-state index contributed by atoms with van der Waals surface area (Å²) in [6.45, 7) is 4.69. The third kappa shape index (κ3) is 3.43. The van der Waals surface area contributed by atoms with Crippen LogP contribution >= 0.6 is 11.3 Å². The molecule has 1 nitrogen and oxygen atoms in total. The van der Waals surface area contributed by atoms with Crippen molar-refractivity contribution in [1.29, 1.82) is 0 Å². The van der Waals surface area contributed by atoms with Gasteiger partial charge in [-0.1, -0.05) is 111 Å². The molecule has 0 amide bonds. The van der Waals surface area contributed by atoms with Crippen LogP contribution in [-0.4, -0.2) is 0 Å². The molecule has 10 rings (SSSR count). The molecule has 0 bridgehead atoms. The second-order valence-electron chi connectivity index (χ2n) is 12.9. The second-order valence-corrected chi connectivity index (χ2v) is 13.9. The summed E-state index contributed by atoms with van der Waals surface area (Å²) in [4.78, 5) is 0. The summed E-state index contributed by atoms with van der Waals surface area (Å²) < 4.78 is 9.29. The van der Waals surface area contributed by atoms with Gasteiger partial charge in [0.25, 0.3) is 0 Å². The molecule has 45 heavy (non-hydrogen) atoms. The van der Waals surface area contributed by atoms with Gasteiger partial charge in [-0.05, 0) is 91.9 Å². The molecular formula is C43H28OS. The molecule has 2 heterocycles. The molecule has 0 radical (unpaired) electrons. The fourth-order valence-corrected chi connectivity index (χ4v) is 9.02. The lowest BCUT2D eigenvalue weighted by atomic mass is 9.81. The molecule has 8 aromatic rings. The number of rotatable bonds is 2. The van der Waals surface area contributed by atoms with Crippen LogP contribution in [0.4, 0.5) is 0 Å². The Morgan fingerprint density at radius 2 is 1.16 bits per heavy atom. The highest BCUT2D eigenvalue weighted by atomic mass is 32.1. The van der Waals surface area contributed by atoms with E-state index >= 15 is 0 Å². The first-order valence-electron chi connectivity index (χ1n) is 15.6. The Labute approximate surface area is 266 Å². The van der Waals surface area contributed by atoms with E-state index in [4.69, 9.17) is 4.74 Å². The van der Waals surface area contributed by atoms with Crippen LogP contribution in [0.2, 0.25) is 0 Å². The highest BCUT2D eigenvalue weighted by molar-refractivity contribution is 7.25. The van der Waals surface area contributed by atoms with Crippen molar-refractivity contribution in [2.24, 2.45) is 0 Å². The van der Waals surface area contributed by atoms with E-state index < -0.39 is 0 Å². The Morgan fingerprint density at radius 3 is 2.11 bits per heavy atom. The number of fused-ring (bicyclic) bond motifs is 8. The largest absolute Gasteiger partial charge is 0.456 e. The van der Waals surface area contributed by atoms with E-state index in [1.54, 1.807) is 0 Å². The number of hydrogen-bond donors (Lipinski definition) is 0. The van der Waals surface area contributed by atoms with Gasteiger partial charge in [0.15, 0.2) is 0 Å². The molecule has 1 aliphatic heterocycles. The standard InChI is InChI=1S/C43H28OS/c1-43(2)35-14-5-3-10-32(35)41-29(13-8-15-36(41)43)27-19-21-38-42-30(27)11-7-12-31(42)33-23-25(17-20-37(33)44-38)26-18-22-40-34(24-26)28-9-4-6-16-39(28)45-40/h3-24H,1-2H3. The zero-order chi connectivity index (χ0) is 29.9. The predicted molar refractivity (Wildman–Crippen MR) is 191 cm³/mol. The van der Waals surface area contributed by atoms with Crippen molar-refractivity contribution in [1.82, 2.24) is 0 Å². The quantitative estimate of drug-likeness (QED) is 0.194. The third-order valence-electron chi connectivity index (χ3n) is 10.1. The smallest absolute Gasteiger partial charge is 0.135 e. The summed E-state index contributed by atoms with van der Waals surface area (Å²) in [6, 6.07) is 49.1. The molecule has 2 heteroatoms. The van der Waals surface area contributed by atoms with Gasteiger partial charge < -0.3 is 4.74 Å². The molecule has 0 unspecified atom stereocenters. The molecule has 2 aliphatic rings. The summed E-state index contributed by atoms with van der Waals surface area (Å²) in [5.41, 5.74) is 12.8. The molecule has 0 spiro atoms. The zero-order valence-corrected chi connectivity index (χ0v) is 25.8. The normalized spacial score (nSPS) is 13.9. The molecule has 1 aromatic heterocycles. The monoisotopic (exact) mass is 592 g/mol.